The first-order valence-electron chi connectivity index (χ1n) is 7.30. The van der Waals surface area contributed by atoms with Gasteiger partial charge in [0.15, 0.2) is 0 Å². The molecule has 0 bridgehead atoms. The van der Waals surface area contributed by atoms with Crippen molar-refractivity contribution in [3.05, 3.63) is 29.3 Å². The predicted octanol–water partition coefficient (Wildman–Crippen LogP) is 3.63. The summed E-state index contributed by atoms with van der Waals surface area (Å²) in [5.41, 5.74) is 8.47. The van der Waals surface area contributed by atoms with E-state index in [4.69, 9.17) is 10.5 Å². The molecule has 0 amide bonds. The summed E-state index contributed by atoms with van der Waals surface area (Å²) in [7, 11) is 0. The maximum atomic E-state index is 5.70. The highest BCUT2D eigenvalue weighted by Crippen LogP contribution is 2.34. The van der Waals surface area contributed by atoms with Gasteiger partial charge in [0.05, 0.1) is 6.61 Å². The Morgan fingerprint density at radius 2 is 2.00 bits per heavy atom. The van der Waals surface area contributed by atoms with Gasteiger partial charge in [0.1, 0.15) is 5.75 Å². The van der Waals surface area contributed by atoms with E-state index in [2.05, 4.69) is 18.2 Å². The van der Waals surface area contributed by atoms with Crippen molar-refractivity contribution in [2.75, 3.05) is 13.2 Å². The summed E-state index contributed by atoms with van der Waals surface area (Å²) in [6.07, 6.45) is 7.76. The van der Waals surface area contributed by atoms with Gasteiger partial charge in [-0.2, -0.15) is 0 Å². The summed E-state index contributed by atoms with van der Waals surface area (Å²) < 4.78 is 5.68. The molecule has 100 valence electrons. The standard InChI is InChI=1S/C16H25NO/c1-2-18-16-9-8-14(12-15(16)10-11-17)13-6-4-3-5-7-13/h8-9,12-13H,2-7,10-11,17H2,1H3. The second-order valence-corrected chi connectivity index (χ2v) is 5.17. The average molecular weight is 247 g/mol. The van der Waals surface area contributed by atoms with Gasteiger partial charge in [-0.1, -0.05) is 31.4 Å². The zero-order chi connectivity index (χ0) is 12.8. The molecule has 1 aliphatic rings. The summed E-state index contributed by atoms with van der Waals surface area (Å²) in [6.45, 7) is 3.44. The number of hydrogen-bond acceptors (Lipinski definition) is 2. The zero-order valence-corrected chi connectivity index (χ0v) is 11.5. The van der Waals surface area contributed by atoms with Crippen LogP contribution in [0.25, 0.3) is 0 Å². The first-order chi connectivity index (χ1) is 8.85. The molecule has 2 rings (SSSR count). The maximum Gasteiger partial charge on any atom is 0.122 e. The lowest BCUT2D eigenvalue weighted by molar-refractivity contribution is 0.336. The SMILES string of the molecule is CCOc1ccc(C2CCCCC2)cc1CCN. The van der Waals surface area contributed by atoms with E-state index in [1.807, 2.05) is 6.92 Å². The van der Waals surface area contributed by atoms with Crippen LogP contribution < -0.4 is 10.5 Å². The van der Waals surface area contributed by atoms with Crippen LogP contribution in [0.4, 0.5) is 0 Å². The van der Waals surface area contributed by atoms with E-state index in [1.54, 1.807) is 0 Å². The molecule has 1 aliphatic carbocycles. The summed E-state index contributed by atoms with van der Waals surface area (Å²) in [6, 6.07) is 6.72. The third-order valence-electron chi connectivity index (χ3n) is 3.87. The number of nitrogens with two attached hydrogens (primary N) is 1. The molecule has 0 spiro atoms. The molecule has 1 aromatic carbocycles. The molecule has 1 fully saturated rings. The van der Waals surface area contributed by atoms with Gasteiger partial charge in [-0.05, 0) is 55.8 Å². The highest BCUT2D eigenvalue weighted by Gasteiger charge is 2.16. The molecule has 18 heavy (non-hydrogen) atoms. The van der Waals surface area contributed by atoms with Crippen LogP contribution in [0.1, 0.15) is 56.1 Å². The molecule has 0 heterocycles. The van der Waals surface area contributed by atoms with Crippen LogP contribution in [0.15, 0.2) is 18.2 Å². The van der Waals surface area contributed by atoms with Gasteiger partial charge in [-0.25, -0.2) is 0 Å². The van der Waals surface area contributed by atoms with Crippen molar-refractivity contribution in [1.82, 2.24) is 0 Å². The van der Waals surface area contributed by atoms with E-state index >= 15 is 0 Å². The molecule has 0 saturated heterocycles. The molecule has 0 unspecified atom stereocenters. The van der Waals surface area contributed by atoms with Crippen LogP contribution in [0.5, 0.6) is 5.75 Å². The summed E-state index contributed by atoms with van der Waals surface area (Å²) in [4.78, 5) is 0. The third-order valence-corrected chi connectivity index (χ3v) is 3.87. The summed E-state index contributed by atoms with van der Waals surface area (Å²) in [5, 5.41) is 0. The molecule has 2 N–H and O–H groups in total. The minimum atomic E-state index is 0.689. The van der Waals surface area contributed by atoms with E-state index in [9.17, 15) is 0 Å². The average Bonchev–Trinajstić information content (AvgIpc) is 2.42. The van der Waals surface area contributed by atoms with Gasteiger partial charge in [0.25, 0.3) is 0 Å². The van der Waals surface area contributed by atoms with Crippen LogP contribution in [-0.2, 0) is 6.42 Å². The second kappa shape index (κ2) is 6.79. The van der Waals surface area contributed by atoms with Gasteiger partial charge in [0.2, 0.25) is 0 Å². The van der Waals surface area contributed by atoms with E-state index in [-0.39, 0.29) is 0 Å². The van der Waals surface area contributed by atoms with Crippen LogP contribution >= 0.6 is 0 Å². The predicted molar refractivity (Wildman–Crippen MR) is 76.2 cm³/mol. The Labute approximate surface area is 111 Å². The Morgan fingerprint density at radius 3 is 2.67 bits per heavy atom. The molecule has 1 saturated carbocycles. The number of ether oxygens (including phenoxy) is 1. The fraction of sp³-hybridized carbons (Fsp3) is 0.625. The van der Waals surface area contributed by atoms with Gasteiger partial charge in [0, 0.05) is 0 Å². The van der Waals surface area contributed by atoms with Gasteiger partial charge >= 0.3 is 0 Å². The fourth-order valence-electron chi connectivity index (χ4n) is 2.94. The Balaban J connectivity index is 2.18. The van der Waals surface area contributed by atoms with Crippen molar-refractivity contribution in [1.29, 1.82) is 0 Å². The van der Waals surface area contributed by atoms with E-state index < -0.39 is 0 Å². The van der Waals surface area contributed by atoms with E-state index in [1.165, 1.54) is 43.2 Å². The monoisotopic (exact) mass is 247 g/mol. The van der Waals surface area contributed by atoms with Crippen molar-refractivity contribution >= 4 is 0 Å². The van der Waals surface area contributed by atoms with Crippen LogP contribution in [0.2, 0.25) is 0 Å². The zero-order valence-electron chi connectivity index (χ0n) is 11.5. The molecule has 0 atom stereocenters. The third kappa shape index (κ3) is 3.26. The quantitative estimate of drug-likeness (QED) is 0.862. The number of benzene rings is 1. The first kappa shape index (κ1) is 13.4. The number of hydrogen-bond donors (Lipinski definition) is 1. The minimum Gasteiger partial charge on any atom is -0.494 e. The Hall–Kier alpha value is -1.02. The minimum absolute atomic E-state index is 0.689. The van der Waals surface area contributed by atoms with Gasteiger partial charge in [-0.3, -0.25) is 0 Å². The van der Waals surface area contributed by atoms with Crippen LogP contribution in [0.3, 0.4) is 0 Å². The van der Waals surface area contributed by atoms with Crippen molar-refractivity contribution in [3.8, 4) is 5.75 Å². The van der Waals surface area contributed by atoms with Crippen molar-refractivity contribution < 1.29 is 4.74 Å². The smallest absolute Gasteiger partial charge is 0.122 e. The lowest BCUT2D eigenvalue weighted by Crippen LogP contribution is -2.08. The summed E-state index contributed by atoms with van der Waals surface area (Å²) in [5.74, 6) is 1.77. The largest absolute Gasteiger partial charge is 0.494 e. The van der Waals surface area contributed by atoms with Gasteiger partial charge in [-0.15, -0.1) is 0 Å². The molecule has 1 aromatic rings. The van der Waals surface area contributed by atoms with Crippen molar-refractivity contribution in [2.24, 2.45) is 5.73 Å². The van der Waals surface area contributed by atoms with Crippen molar-refractivity contribution in [2.45, 2.75) is 51.4 Å². The highest BCUT2D eigenvalue weighted by atomic mass is 16.5. The fourth-order valence-corrected chi connectivity index (χ4v) is 2.94. The van der Waals surface area contributed by atoms with Gasteiger partial charge < -0.3 is 10.5 Å². The van der Waals surface area contributed by atoms with Crippen molar-refractivity contribution in [3.63, 3.8) is 0 Å². The molecule has 2 heteroatoms. The Bertz CT molecular complexity index is 369. The maximum absolute atomic E-state index is 5.70. The molecule has 2 nitrogen and oxygen atoms in total. The first-order valence-corrected chi connectivity index (χ1v) is 7.30. The Morgan fingerprint density at radius 1 is 1.22 bits per heavy atom. The highest BCUT2D eigenvalue weighted by molar-refractivity contribution is 5.39. The molecule has 0 radical (unpaired) electrons. The van der Waals surface area contributed by atoms with Crippen LogP contribution in [0, 0.1) is 0 Å². The summed E-state index contributed by atoms with van der Waals surface area (Å²) >= 11 is 0. The normalized spacial score (nSPS) is 16.8. The molecular weight excluding hydrogens is 222 g/mol. The van der Waals surface area contributed by atoms with E-state index in [0.29, 0.717) is 6.54 Å². The number of rotatable bonds is 5. The molecule has 0 aromatic heterocycles. The van der Waals surface area contributed by atoms with E-state index in [0.717, 1.165) is 24.7 Å². The molecular formula is C16H25NO. The topological polar surface area (TPSA) is 35.2 Å². The molecule has 0 aliphatic heterocycles. The lowest BCUT2D eigenvalue weighted by atomic mass is 9.83. The second-order valence-electron chi connectivity index (χ2n) is 5.17. The Kier molecular flexibility index (Phi) is 5.06. The lowest BCUT2D eigenvalue weighted by Gasteiger charge is -2.23. The van der Waals surface area contributed by atoms with Crippen LogP contribution in [-0.4, -0.2) is 13.2 Å².